The van der Waals surface area contributed by atoms with Gasteiger partial charge in [0.25, 0.3) is 0 Å². The molecule has 2 aliphatic heterocycles. The van der Waals surface area contributed by atoms with Crippen LogP contribution >= 0.6 is 0 Å². The van der Waals surface area contributed by atoms with Crippen LogP contribution in [-0.4, -0.2) is 45.2 Å². The maximum absolute atomic E-state index is 12.5. The molecule has 2 bridgehead atoms. The summed E-state index contributed by atoms with van der Waals surface area (Å²) in [4.78, 5) is 14.9. The maximum atomic E-state index is 12.5. The highest BCUT2D eigenvalue weighted by Crippen LogP contribution is 2.46. The highest BCUT2D eigenvalue weighted by atomic mass is 28.3. The van der Waals surface area contributed by atoms with Crippen molar-refractivity contribution in [1.82, 2.24) is 4.90 Å². The van der Waals surface area contributed by atoms with Gasteiger partial charge in [0.15, 0.2) is 0 Å². The largest absolute Gasteiger partial charge is 0.469 e. The molecule has 0 aliphatic carbocycles. The van der Waals surface area contributed by atoms with Crippen LogP contribution in [0.1, 0.15) is 30.7 Å². The molecule has 2 heterocycles. The predicted octanol–water partition coefficient (Wildman–Crippen LogP) is 2.97. The van der Waals surface area contributed by atoms with Crippen LogP contribution in [0.25, 0.3) is 0 Å². The molecule has 4 unspecified atom stereocenters. The van der Waals surface area contributed by atoms with Crippen LogP contribution in [-0.2, 0) is 9.53 Å². The lowest BCUT2D eigenvalue weighted by molar-refractivity contribution is -0.150. The molecule has 2 fully saturated rings. The van der Waals surface area contributed by atoms with Gasteiger partial charge in [-0.2, -0.15) is 0 Å². The first kappa shape index (κ1) is 16.7. The number of hydrogen-bond donors (Lipinski definition) is 0. The molecule has 0 radical (unpaired) electrons. The smallest absolute Gasteiger partial charge is 0.310 e. The first-order chi connectivity index (χ1) is 10.8. The van der Waals surface area contributed by atoms with E-state index in [0.717, 1.165) is 12.8 Å². The van der Waals surface area contributed by atoms with Gasteiger partial charge in [-0.05, 0) is 31.9 Å². The molecular weight excluding hydrogens is 302 g/mol. The van der Waals surface area contributed by atoms with Gasteiger partial charge in [0.2, 0.25) is 0 Å². The van der Waals surface area contributed by atoms with Gasteiger partial charge in [0.1, 0.15) is 0 Å². The number of hydrogen-bond acceptors (Lipinski definition) is 3. The second-order valence-electron chi connectivity index (χ2n) is 8.23. The third-order valence-corrected chi connectivity index (χ3v) is 8.01. The van der Waals surface area contributed by atoms with Gasteiger partial charge in [-0.1, -0.05) is 49.1 Å². The minimum Gasteiger partial charge on any atom is -0.469 e. The molecule has 2 saturated heterocycles. The minimum absolute atomic E-state index is 0.0264. The Morgan fingerprint density at radius 3 is 2.39 bits per heavy atom. The topological polar surface area (TPSA) is 29.5 Å². The first-order valence-electron chi connectivity index (χ1n) is 8.73. The Morgan fingerprint density at radius 2 is 1.83 bits per heavy atom. The number of ether oxygens (including phenoxy) is 1. The third-order valence-electron chi connectivity index (χ3n) is 5.95. The number of piperidine rings is 1. The fourth-order valence-electron chi connectivity index (χ4n) is 4.50. The second-order valence-corrected chi connectivity index (χ2v) is 13.3. The summed E-state index contributed by atoms with van der Waals surface area (Å²) in [7, 11) is 2.42. The number of benzene rings is 1. The van der Waals surface area contributed by atoms with Crippen molar-refractivity contribution < 1.29 is 9.53 Å². The monoisotopic (exact) mass is 331 g/mol. The molecule has 3 nitrogen and oxygen atoms in total. The Labute approximate surface area is 141 Å². The van der Waals surface area contributed by atoms with E-state index < -0.39 is 8.07 Å². The molecule has 3 rings (SSSR count). The van der Waals surface area contributed by atoms with Gasteiger partial charge in [-0.25, -0.2) is 0 Å². The summed E-state index contributed by atoms with van der Waals surface area (Å²) in [5.74, 6) is 0.231. The number of carbonyl (C=O) groups is 1. The van der Waals surface area contributed by atoms with Crippen molar-refractivity contribution in [2.24, 2.45) is 5.92 Å². The lowest BCUT2D eigenvalue weighted by Gasteiger charge is -2.41. The van der Waals surface area contributed by atoms with E-state index in [-0.39, 0.29) is 11.9 Å². The lowest BCUT2D eigenvalue weighted by Crippen LogP contribution is -2.49. The highest BCUT2D eigenvalue weighted by molar-refractivity contribution is 6.88. The van der Waals surface area contributed by atoms with Crippen molar-refractivity contribution in [3.05, 3.63) is 29.8 Å². The first-order valence-corrected chi connectivity index (χ1v) is 12.2. The predicted molar refractivity (Wildman–Crippen MR) is 96.9 cm³/mol. The SMILES string of the molecule is COC(=O)C1C(c2ccc([Si](C)(C)C)cc2)CC2CCC1N2C. The highest BCUT2D eigenvalue weighted by Gasteiger charge is 2.49. The summed E-state index contributed by atoms with van der Waals surface area (Å²) in [5, 5.41) is 1.48. The molecule has 0 N–H and O–H groups in total. The fraction of sp³-hybridized carbons (Fsp3) is 0.632. The molecule has 126 valence electrons. The molecule has 2 aliphatic rings. The maximum Gasteiger partial charge on any atom is 0.310 e. The van der Waals surface area contributed by atoms with Crippen LogP contribution in [0.5, 0.6) is 0 Å². The van der Waals surface area contributed by atoms with E-state index in [1.807, 2.05) is 0 Å². The molecule has 0 spiro atoms. The third kappa shape index (κ3) is 2.99. The van der Waals surface area contributed by atoms with Gasteiger partial charge >= 0.3 is 5.97 Å². The van der Waals surface area contributed by atoms with E-state index in [4.69, 9.17) is 4.74 Å². The van der Waals surface area contributed by atoms with Gasteiger partial charge in [0, 0.05) is 18.0 Å². The number of methoxy groups -OCH3 is 1. The Morgan fingerprint density at radius 1 is 1.17 bits per heavy atom. The second kappa shape index (κ2) is 6.06. The number of nitrogens with zero attached hydrogens (tertiary/aromatic N) is 1. The van der Waals surface area contributed by atoms with Crippen LogP contribution in [0.2, 0.25) is 19.6 Å². The summed E-state index contributed by atoms with van der Waals surface area (Å²) in [6, 6.07) is 10.1. The van der Waals surface area contributed by atoms with E-state index in [9.17, 15) is 4.79 Å². The molecule has 0 aromatic heterocycles. The summed E-state index contributed by atoms with van der Waals surface area (Å²) in [5.41, 5.74) is 1.31. The molecule has 4 heteroatoms. The molecular formula is C19H29NO2Si. The van der Waals surface area contributed by atoms with Crippen LogP contribution in [0, 0.1) is 5.92 Å². The molecule has 0 saturated carbocycles. The molecule has 4 atom stereocenters. The van der Waals surface area contributed by atoms with Crippen molar-refractivity contribution in [3.63, 3.8) is 0 Å². The summed E-state index contributed by atoms with van der Waals surface area (Å²) in [6.45, 7) is 7.11. The quantitative estimate of drug-likeness (QED) is 0.630. The Bertz CT molecular complexity index is 578. The zero-order chi connectivity index (χ0) is 16.8. The number of carbonyl (C=O) groups excluding carboxylic acids is 1. The van der Waals surface area contributed by atoms with E-state index in [1.54, 1.807) is 0 Å². The standard InChI is InChI=1S/C19H29NO2Si/c1-20-14-8-11-17(20)18(19(21)22-2)16(12-14)13-6-9-15(10-7-13)23(3,4)5/h6-7,9-10,14,16-18H,8,11-12H2,1-5H3. The zero-order valence-electron chi connectivity index (χ0n) is 15.0. The van der Waals surface area contributed by atoms with Crippen molar-refractivity contribution >= 4 is 19.2 Å². The molecule has 1 aromatic rings. The van der Waals surface area contributed by atoms with Gasteiger partial charge in [-0.3, -0.25) is 9.69 Å². The lowest BCUT2D eigenvalue weighted by atomic mass is 9.76. The Balaban J connectivity index is 1.92. The van der Waals surface area contributed by atoms with Crippen LogP contribution < -0.4 is 5.19 Å². The van der Waals surface area contributed by atoms with Crippen LogP contribution in [0.4, 0.5) is 0 Å². The normalized spacial score (nSPS) is 31.2. The number of fused-ring (bicyclic) bond motifs is 2. The average Bonchev–Trinajstić information content (AvgIpc) is 2.75. The van der Waals surface area contributed by atoms with Crippen molar-refractivity contribution in [1.29, 1.82) is 0 Å². The van der Waals surface area contributed by atoms with Crippen molar-refractivity contribution in [2.75, 3.05) is 14.2 Å². The van der Waals surface area contributed by atoms with Crippen molar-refractivity contribution in [2.45, 2.75) is 56.9 Å². The molecule has 23 heavy (non-hydrogen) atoms. The zero-order valence-corrected chi connectivity index (χ0v) is 16.0. The summed E-state index contributed by atoms with van der Waals surface area (Å²) < 4.78 is 5.16. The van der Waals surface area contributed by atoms with E-state index in [2.05, 4.69) is 55.9 Å². The number of esters is 1. The Kier molecular flexibility index (Phi) is 4.40. The summed E-state index contributed by atoms with van der Waals surface area (Å²) >= 11 is 0. The van der Waals surface area contributed by atoms with Gasteiger partial charge in [0.05, 0.1) is 21.1 Å². The average molecular weight is 332 g/mol. The van der Waals surface area contributed by atoms with Gasteiger partial charge < -0.3 is 4.74 Å². The van der Waals surface area contributed by atoms with Crippen LogP contribution in [0.3, 0.4) is 0 Å². The van der Waals surface area contributed by atoms with Crippen molar-refractivity contribution in [3.8, 4) is 0 Å². The molecule has 1 aromatic carbocycles. The molecule has 0 amide bonds. The van der Waals surface area contributed by atoms with Gasteiger partial charge in [-0.15, -0.1) is 0 Å². The summed E-state index contributed by atoms with van der Waals surface area (Å²) in [6.07, 6.45) is 3.39. The van der Waals surface area contributed by atoms with E-state index >= 15 is 0 Å². The fourth-order valence-corrected chi connectivity index (χ4v) is 5.66. The van der Waals surface area contributed by atoms with Crippen LogP contribution in [0.15, 0.2) is 24.3 Å². The Hall–Kier alpha value is -1.13. The minimum atomic E-state index is -1.28. The number of rotatable bonds is 3. The van der Waals surface area contributed by atoms with E-state index in [0.29, 0.717) is 18.0 Å². The van der Waals surface area contributed by atoms with E-state index in [1.165, 1.54) is 24.3 Å².